The largest absolute Gasteiger partial charge is 0.339 e. The highest BCUT2D eigenvalue weighted by molar-refractivity contribution is 7.89. The SMILES string of the molecule is C[C@@H](N)C(=O)N1CCN(S(=O)(=O)c2ccc(Cl)c(Cl)c2)CC1.Cl. The van der Waals surface area contributed by atoms with Gasteiger partial charge in [-0.25, -0.2) is 8.42 Å². The Balaban J connectivity index is 0.00000264. The van der Waals surface area contributed by atoms with Crippen LogP contribution in [-0.2, 0) is 14.8 Å². The topological polar surface area (TPSA) is 83.7 Å². The van der Waals surface area contributed by atoms with E-state index in [4.69, 9.17) is 28.9 Å². The van der Waals surface area contributed by atoms with Gasteiger partial charge >= 0.3 is 0 Å². The van der Waals surface area contributed by atoms with Crippen LogP contribution in [0.25, 0.3) is 0 Å². The van der Waals surface area contributed by atoms with Gasteiger partial charge in [-0.1, -0.05) is 23.2 Å². The van der Waals surface area contributed by atoms with Crippen LogP contribution in [0, 0.1) is 0 Å². The lowest BCUT2D eigenvalue weighted by Crippen LogP contribution is -2.53. The lowest BCUT2D eigenvalue weighted by Gasteiger charge is -2.34. The van der Waals surface area contributed by atoms with Gasteiger partial charge in [0.2, 0.25) is 15.9 Å². The zero-order chi connectivity index (χ0) is 16.5. The molecule has 1 aromatic rings. The molecule has 1 aliphatic rings. The van der Waals surface area contributed by atoms with Crippen molar-refractivity contribution in [3.05, 3.63) is 28.2 Å². The van der Waals surface area contributed by atoms with Crippen molar-refractivity contribution in [3.8, 4) is 0 Å². The Bertz CT molecular complexity index is 674. The van der Waals surface area contributed by atoms with Crippen LogP contribution in [-0.4, -0.2) is 55.8 Å². The van der Waals surface area contributed by atoms with Crippen molar-refractivity contribution < 1.29 is 13.2 Å². The molecule has 6 nitrogen and oxygen atoms in total. The molecule has 130 valence electrons. The number of nitrogens with zero attached hydrogens (tertiary/aromatic N) is 2. The molecule has 0 aliphatic carbocycles. The van der Waals surface area contributed by atoms with Crippen LogP contribution in [0.1, 0.15) is 6.92 Å². The molecule has 0 saturated carbocycles. The number of hydrogen-bond donors (Lipinski definition) is 1. The van der Waals surface area contributed by atoms with E-state index in [1.54, 1.807) is 11.8 Å². The summed E-state index contributed by atoms with van der Waals surface area (Å²) < 4.78 is 26.4. The van der Waals surface area contributed by atoms with Crippen molar-refractivity contribution in [3.63, 3.8) is 0 Å². The van der Waals surface area contributed by atoms with Crippen LogP contribution in [0.3, 0.4) is 0 Å². The molecule has 0 bridgehead atoms. The fraction of sp³-hybridized carbons (Fsp3) is 0.462. The molecule has 2 N–H and O–H groups in total. The van der Waals surface area contributed by atoms with E-state index >= 15 is 0 Å². The van der Waals surface area contributed by atoms with Crippen molar-refractivity contribution in [2.75, 3.05) is 26.2 Å². The highest BCUT2D eigenvalue weighted by Gasteiger charge is 2.31. The lowest BCUT2D eigenvalue weighted by atomic mass is 10.2. The zero-order valence-corrected chi connectivity index (χ0v) is 15.6. The van der Waals surface area contributed by atoms with E-state index in [9.17, 15) is 13.2 Å². The summed E-state index contributed by atoms with van der Waals surface area (Å²) >= 11 is 11.7. The third-order valence-corrected chi connectivity index (χ3v) is 6.10. The number of piperazine rings is 1. The Morgan fingerprint density at radius 2 is 1.74 bits per heavy atom. The minimum Gasteiger partial charge on any atom is -0.339 e. The monoisotopic (exact) mass is 401 g/mol. The first-order valence-corrected chi connectivity index (χ1v) is 8.92. The van der Waals surface area contributed by atoms with Crippen LogP contribution in [0.2, 0.25) is 10.0 Å². The molecule has 1 saturated heterocycles. The van der Waals surface area contributed by atoms with Crippen molar-refractivity contribution in [2.45, 2.75) is 17.9 Å². The second-order valence-electron chi connectivity index (χ2n) is 5.09. The van der Waals surface area contributed by atoms with Crippen molar-refractivity contribution >= 4 is 51.5 Å². The fourth-order valence-corrected chi connectivity index (χ4v) is 4.03. The summed E-state index contributed by atoms with van der Waals surface area (Å²) in [6, 6.07) is 3.62. The number of carbonyl (C=O) groups is 1. The third-order valence-electron chi connectivity index (χ3n) is 3.47. The van der Waals surface area contributed by atoms with Gasteiger partial charge in [0, 0.05) is 26.2 Å². The van der Waals surface area contributed by atoms with Gasteiger partial charge < -0.3 is 10.6 Å². The number of rotatable bonds is 3. The molecule has 1 aliphatic heterocycles. The molecule has 0 radical (unpaired) electrons. The normalized spacial score (nSPS) is 17.5. The molecular formula is C13H18Cl3N3O3S. The van der Waals surface area contributed by atoms with Gasteiger partial charge in [0.15, 0.2) is 0 Å². The van der Waals surface area contributed by atoms with Gasteiger partial charge in [-0.15, -0.1) is 12.4 Å². The van der Waals surface area contributed by atoms with Crippen LogP contribution < -0.4 is 5.73 Å². The molecule has 0 spiro atoms. The summed E-state index contributed by atoms with van der Waals surface area (Å²) in [4.78, 5) is 13.5. The average Bonchev–Trinajstić information content (AvgIpc) is 2.49. The Labute approximate surface area is 152 Å². The molecule has 2 rings (SSSR count). The molecule has 0 unspecified atom stereocenters. The molecule has 1 heterocycles. The molecule has 1 fully saturated rings. The van der Waals surface area contributed by atoms with Gasteiger partial charge in [0.05, 0.1) is 21.0 Å². The highest BCUT2D eigenvalue weighted by atomic mass is 35.5. The Morgan fingerprint density at radius 3 is 2.22 bits per heavy atom. The maximum absolute atomic E-state index is 12.6. The summed E-state index contributed by atoms with van der Waals surface area (Å²) in [6.07, 6.45) is 0. The van der Waals surface area contributed by atoms with Gasteiger partial charge in [0.1, 0.15) is 0 Å². The first-order valence-electron chi connectivity index (χ1n) is 6.73. The Kier molecular flexibility index (Phi) is 7.12. The molecular weight excluding hydrogens is 385 g/mol. The Hall–Kier alpha value is -0.570. The third kappa shape index (κ3) is 4.49. The van der Waals surface area contributed by atoms with Gasteiger partial charge in [-0.3, -0.25) is 4.79 Å². The number of nitrogens with two attached hydrogens (primary N) is 1. The summed E-state index contributed by atoms with van der Waals surface area (Å²) in [6.45, 7) is 2.70. The van der Waals surface area contributed by atoms with E-state index in [2.05, 4.69) is 0 Å². The number of hydrogen-bond acceptors (Lipinski definition) is 4. The van der Waals surface area contributed by atoms with E-state index in [1.807, 2.05) is 0 Å². The first-order chi connectivity index (χ1) is 10.2. The zero-order valence-electron chi connectivity index (χ0n) is 12.4. The predicted octanol–water partition coefficient (Wildman–Crippen LogP) is 1.60. The molecule has 1 amide bonds. The molecule has 1 atom stereocenters. The average molecular weight is 403 g/mol. The quantitative estimate of drug-likeness (QED) is 0.832. The van der Waals surface area contributed by atoms with Gasteiger partial charge in [-0.05, 0) is 25.1 Å². The molecule has 0 aromatic heterocycles. The minimum atomic E-state index is -3.65. The van der Waals surface area contributed by atoms with Gasteiger partial charge in [-0.2, -0.15) is 4.31 Å². The van der Waals surface area contributed by atoms with Crippen LogP contribution >= 0.6 is 35.6 Å². The molecule has 10 heteroatoms. The van der Waals surface area contributed by atoms with Crippen molar-refractivity contribution in [1.82, 2.24) is 9.21 Å². The maximum Gasteiger partial charge on any atom is 0.243 e. The number of benzene rings is 1. The molecule has 1 aromatic carbocycles. The van der Waals surface area contributed by atoms with E-state index in [-0.39, 0.29) is 41.3 Å². The number of amides is 1. The highest BCUT2D eigenvalue weighted by Crippen LogP contribution is 2.27. The van der Waals surface area contributed by atoms with Crippen molar-refractivity contribution in [1.29, 1.82) is 0 Å². The standard InChI is InChI=1S/C13H17Cl2N3O3S.ClH/c1-9(16)13(19)17-4-6-18(7-5-17)22(20,21)10-2-3-11(14)12(15)8-10;/h2-3,8-9H,4-7,16H2,1H3;1H/t9-;/m1./s1. The summed E-state index contributed by atoms with van der Waals surface area (Å²) in [7, 11) is -3.65. The van der Waals surface area contributed by atoms with Gasteiger partial charge in [0.25, 0.3) is 0 Å². The second kappa shape index (κ2) is 8.00. The van der Waals surface area contributed by atoms with E-state index < -0.39 is 16.1 Å². The fourth-order valence-electron chi connectivity index (χ4n) is 2.22. The second-order valence-corrected chi connectivity index (χ2v) is 7.85. The summed E-state index contributed by atoms with van der Waals surface area (Å²) in [5.74, 6) is -0.174. The summed E-state index contributed by atoms with van der Waals surface area (Å²) in [5.41, 5.74) is 5.56. The number of carbonyl (C=O) groups excluding carboxylic acids is 1. The minimum absolute atomic E-state index is 0. The number of sulfonamides is 1. The smallest absolute Gasteiger partial charge is 0.243 e. The summed E-state index contributed by atoms with van der Waals surface area (Å²) in [5, 5.41) is 0.487. The van der Waals surface area contributed by atoms with Crippen LogP contribution in [0.5, 0.6) is 0 Å². The Morgan fingerprint density at radius 1 is 1.17 bits per heavy atom. The van der Waals surface area contributed by atoms with Crippen molar-refractivity contribution in [2.24, 2.45) is 5.73 Å². The van der Waals surface area contributed by atoms with E-state index in [0.29, 0.717) is 18.1 Å². The predicted molar refractivity (Wildman–Crippen MR) is 92.7 cm³/mol. The van der Waals surface area contributed by atoms with E-state index in [1.165, 1.54) is 22.5 Å². The molecule has 23 heavy (non-hydrogen) atoms. The van der Waals surface area contributed by atoms with Crippen LogP contribution in [0.4, 0.5) is 0 Å². The maximum atomic E-state index is 12.6. The van der Waals surface area contributed by atoms with E-state index in [0.717, 1.165) is 0 Å². The first kappa shape index (κ1) is 20.5. The lowest BCUT2D eigenvalue weighted by molar-refractivity contribution is -0.133. The van der Waals surface area contributed by atoms with Crippen LogP contribution in [0.15, 0.2) is 23.1 Å². The number of halogens is 3.